The van der Waals surface area contributed by atoms with E-state index < -0.39 is 6.03 Å². The van der Waals surface area contributed by atoms with Crippen molar-refractivity contribution in [3.05, 3.63) is 58.8 Å². The molecule has 0 atom stereocenters. The van der Waals surface area contributed by atoms with Crippen molar-refractivity contribution >= 4 is 29.0 Å². The molecule has 154 valence electrons. The van der Waals surface area contributed by atoms with Crippen molar-refractivity contribution in [2.24, 2.45) is 0 Å². The molecule has 0 aliphatic carbocycles. The Bertz CT molecular complexity index is 1090. The molecule has 1 aliphatic heterocycles. The molecule has 3 aromatic rings. The normalized spacial score (nSPS) is 12.5. The largest absolute Gasteiger partial charge is 0.493 e. The molecular weight excluding hydrogens is 406 g/mol. The molecule has 0 saturated carbocycles. The van der Waals surface area contributed by atoms with Crippen LogP contribution in [0.25, 0.3) is 0 Å². The number of pyridine rings is 1. The van der Waals surface area contributed by atoms with E-state index in [1.54, 1.807) is 19.1 Å². The molecule has 2 N–H and O–H groups in total. The number of aryl methyl sites for hydroxylation is 2. The van der Waals surface area contributed by atoms with Crippen LogP contribution in [-0.4, -0.2) is 27.6 Å². The Morgan fingerprint density at radius 1 is 1.13 bits per heavy atom. The maximum absolute atomic E-state index is 12.2. The van der Waals surface area contributed by atoms with Crippen LogP contribution in [0.2, 0.25) is 5.15 Å². The van der Waals surface area contributed by atoms with Crippen molar-refractivity contribution in [1.82, 2.24) is 15.0 Å². The number of rotatable bonds is 4. The molecule has 0 bridgehead atoms. The number of halogens is 1. The second-order valence-electron chi connectivity index (χ2n) is 6.83. The molecular formula is C21H20ClN5O3. The summed E-state index contributed by atoms with van der Waals surface area (Å²) in [4.78, 5) is 24.5. The molecule has 9 heteroatoms. The van der Waals surface area contributed by atoms with Gasteiger partial charge in [0, 0.05) is 11.6 Å². The first-order chi connectivity index (χ1) is 14.5. The number of aromatic nitrogens is 3. The van der Waals surface area contributed by atoms with Crippen LogP contribution in [-0.2, 0) is 6.42 Å². The number of hydrogen-bond acceptors (Lipinski definition) is 6. The van der Waals surface area contributed by atoms with Gasteiger partial charge in [0.2, 0.25) is 5.88 Å². The van der Waals surface area contributed by atoms with E-state index in [0.717, 1.165) is 42.1 Å². The summed E-state index contributed by atoms with van der Waals surface area (Å²) in [7, 11) is 0. The monoisotopic (exact) mass is 425 g/mol. The highest BCUT2D eigenvalue weighted by atomic mass is 35.5. The van der Waals surface area contributed by atoms with Crippen LogP contribution >= 0.6 is 11.6 Å². The van der Waals surface area contributed by atoms with Crippen molar-refractivity contribution in [3.8, 4) is 17.4 Å². The maximum atomic E-state index is 12.2. The van der Waals surface area contributed by atoms with E-state index in [1.165, 1.54) is 12.4 Å². The third-order valence-electron chi connectivity index (χ3n) is 4.55. The summed E-state index contributed by atoms with van der Waals surface area (Å²) in [6, 6.07) is 6.81. The van der Waals surface area contributed by atoms with Gasteiger partial charge in [-0.25, -0.2) is 19.7 Å². The van der Waals surface area contributed by atoms with Crippen LogP contribution in [0.15, 0.2) is 36.7 Å². The van der Waals surface area contributed by atoms with Crippen LogP contribution in [0.5, 0.6) is 17.4 Å². The van der Waals surface area contributed by atoms with E-state index >= 15 is 0 Å². The fourth-order valence-corrected chi connectivity index (χ4v) is 3.34. The third kappa shape index (κ3) is 4.44. The molecule has 1 aliphatic rings. The number of ether oxygens (including phenoxy) is 2. The molecule has 2 aromatic heterocycles. The SMILES string of the molecule is Cc1ncc(NC(=O)Nc2ccc(Oc3ccc(C)c4c3CCCO4)nc2)c(Cl)n1. The first kappa shape index (κ1) is 19.9. The molecule has 8 nitrogen and oxygen atoms in total. The number of carbonyl (C=O) groups is 1. The molecule has 1 aromatic carbocycles. The van der Waals surface area contributed by atoms with Crippen LogP contribution in [0.3, 0.4) is 0 Å². The topological polar surface area (TPSA) is 98.3 Å². The fourth-order valence-electron chi connectivity index (χ4n) is 3.12. The van der Waals surface area contributed by atoms with Crippen molar-refractivity contribution in [2.45, 2.75) is 26.7 Å². The molecule has 4 rings (SSSR count). The van der Waals surface area contributed by atoms with E-state index in [2.05, 4.69) is 25.6 Å². The highest BCUT2D eigenvalue weighted by Gasteiger charge is 2.18. The highest BCUT2D eigenvalue weighted by molar-refractivity contribution is 6.32. The summed E-state index contributed by atoms with van der Waals surface area (Å²) in [5.41, 5.74) is 2.97. The van der Waals surface area contributed by atoms with Gasteiger partial charge in [-0.05, 0) is 44.4 Å². The Kier molecular flexibility index (Phi) is 5.67. The summed E-state index contributed by atoms with van der Waals surface area (Å²) in [6.45, 7) is 4.45. The summed E-state index contributed by atoms with van der Waals surface area (Å²) in [5, 5.41) is 5.45. The molecule has 2 amide bonds. The summed E-state index contributed by atoms with van der Waals surface area (Å²) in [6.07, 6.45) is 4.82. The van der Waals surface area contributed by atoms with Crippen LogP contribution in [0, 0.1) is 13.8 Å². The lowest BCUT2D eigenvalue weighted by Gasteiger charge is -2.21. The van der Waals surface area contributed by atoms with Gasteiger partial charge in [-0.2, -0.15) is 0 Å². The quantitative estimate of drug-likeness (QED) is 0.576. The predicted molar refractivity (Wildman–Crippen MR) is 114 cm³/mol. The number of nitrogens with zero attached hydrogens (tertiary/aromatic N) is 3. The molecule has 0 fully saturated rings. The van der Waals surface area contributed by atoms with Gasteiger partial charge in [0.25, 0.3) is 0 Å². The summed E-state index contributed by atoms with van der Waals surface area (Å²) >= 11 is 6.00. The van der Waals surface area contributed by atoms with Gasteiger partial charge in [-0.1, -0.05) is 17.7 Å². The zero-order valence-corrected chi connectivity index (χ0v) is 17.3. The average molecular weight is 426 g/mol. The highest BCUT2D eigenvalue weighted by Crippen LogP contribution is 2.37. The van der Waals surface area contributed by atoms with E-state index in [-0.39, 0.29) is 5.15 Å². The molecule has 0 unspecified atom stereocenters. The zero-order valence-electron chi connectivity index (χ0n) is 16.5. The minimum Gasteiger partial charge on any atom is -0.493 e. The minimum atomic E-state index is -0.482. The minimum absolute atomic E-state index is 0.171. The number of nitrogens with one attached hydrogen (secondary N) is 2. The number of urea groups is 1. The first-order valence-corrected chi connectivity index (χ1v) is 9.84. The Balaban J connectivity index is 1.42. The van der Waals surface area contributed by atoms with Gasteiger partial charge in [0.05, 0.1) is 30.4 Å². The van der Waals surface area contributed by atoms with Crippen LogP contribution in [0.4, 0.5) is 16.2 Å². The van der Waals surface area contributed by atoms with Gasteiger partial charge in [0.1, 0.15) is 17.3 Å². The van der Waals surface area contributed by atoms with Crippen molar-refractivity contribution < 1.29 is 14.3 Å². The average Bonchev–Trinajstić information content (AvgIpc) is 2.74. The Labute approximate surface area is 178 Å². The lowest BCUT2D eigenvalue weighted by Crippen LogP contribution is -2.20. The lowest BCUT2D eigenvalue weighted by atomic mass is 10.0. The lowest BCUT2D eigenvalue weighted by molar-refractivity contribution is 0.262. The standard InChI is InChI=1S/C21H20ClN5O3/c1-12-5-7-17(15-4-3-9-29-19(12)15)30-18-8-6-14(10-24-18)26-21(28)27-16-11-23-13(2)25-20(16)22/h5-8,10-11H,3-4,9H2,1-2H3,(H2,26,27,28). The first-order valence-electron chi connectivity index (χ1n) is 9.46. The van der Waals surface area contributed by atoms with Gasteiger partial charge >= 0.3 is 6.03 Å². The number of carbonyl (C=O) groups excluding carboxylic acids is 1. The van der Waals surface area contributed by atoms with Gasteiger partial charge in [-0.15, -0.1) is 0 Å². The molecule has 0 saturated heterocycles. The van der Waals surface area contributed by atoms with E-state index in [9.17, 15) is 4.79 Å². The predicted octanol–water partition coefficient (Wildman–Crippen LogP) is 4.90. The Morgan fingerprint density at radius 3 is 2.77 bits per heavy atom. The van der Waals surface area contributed by atoms with Gasteiger partial charge in [0.15, 0.2) is 5.15 Å². The van der Waals surface area contributed by atoms with E-state index in [4.69, 9.17) is 21.1 Å². The Hall–Kier alpha value is -3.39. The van der Waals surface area contributed by atoms with Crippen LogP contribution in [0.1, 0.15) is 23.4 Å². The van der Waals surface area contributed by atoms with E-state index in [0.29, 0.717) is 23.1 Å². The van der Waals surface area contributed by atoms with Gasteiger partial charge in [-0.3, -0.25) is 0 Å². The summed E-state index contributed by atoms with van der Waals surface area (Å²) < 4.78 is 11.7. The van der Waals surface area contributed by atoms with Crippen LogP contribution < -0.4 is 20.1 Å². The Morgan fingerprint density at radius 2 is 2.00 bits per heavy atom. The smallest absolute Gasteiger partial charge is 0.323 e. The number of benzene rings is 1. The van der Waals surface area contributed by atoms with Crippen molar-refractivity contribution in [1.29, 1.82) is 0 Å². The van der Waals surface area contributed by atoms with E-state index in [1.807, 2.05) is 19.1 Å². The second-order valence-corrected chi connectivity index (χ2v) is 7.19. The molecule has 0 radical (unpaired) electrons. The second kappa shape index (κ2) is 8.54. The zero-order chi connectivity index (χ0) is 21.1. The number of fused-ring (bicyclic) bond motifs is 1. The maximum Gasteiger partial charge on any atom is 0.323 e. The molecule has 30 heavy (non-hydrogen) atoms. The van der Waals surface area contributed by atoms with Crippen molar-refractivity contribution in [2.75, 3.05) is 17.2 Å². The summed E-state index contributed by atoms with van der Waals surface area (Å²) in [5.74, 6) is 2.57. The fraction of sp³-hybridized carbons (Fsp3) is 0.238. The van der Waals surface area contributed by atoms with Crippen molar-refractivity contribution in [3.63, 3.8) is 0 Å². The number of hydrogen-bond donors (Lipinski definition) is 2. The number of amides is 2. The number of anilines is 2. The third-order valence-corrected chi connectivity index (χ3v) is 4.84. The van der Waals surface area contributed by atoms with Gasteiger partial charge < -0.3 is 20.1 Å². The molecule has 3 heterocycles. The molecule has 0 spiro atoms.